The maximum Gasteiger partial charge on any atom is 0.407 e. The van der Waals surface area contributed by atoms with Gasteiger partial charge in [-0.3, -0.25) is 4.79 Å². The highest BCUT2D eigenvalue weighted by Crippen LogP contribution is 2.02. The van der Waals surface area contributed by atoms with Gasteiger partial charge in [-0.2, -0.15) is 0 Å². The monoisotopic (exact) mass is 316 g/mol. The molecule has 0 aliphatic heterocycles. The number of carbonyl (C=O) groups is 2. The standard InChI is InChI=1S/C17H17FN2O3/c18-15-8-6-13(7-9-15)10-19-16(21)11-20-17(22)23-12-14-4-2-1-3-5-14/h1-9H,10-12H2,(H,19,21)(H,20,22). The minimum absolute atomic E-state index is 0.143. The fourth-order valence-corrected chi connectivity index (χ4v) is 1.79. The van der Waals surface area contributed by atoms with E-state index in [2.05, 4.69) is 10.6 Å². The first kappa shape index (κ1) is 16.5. The molecule has 2 amide bonds. The molecule has 23 heavy (non-hydrogen) atoms. The average Bonchev–Trinajstić information content (AvgIpc) is 2.58. The molecule has 0 saturated heterocycles. The van der Waals surface area contributed by atoms with Crippen LogP contribution in [0.1, 0.15) is 11.1 Å². The Morgan fingerprint density at radius 1 is 0.913 bits per heavy atom. The van der Waals surface area contributed by atoms with E-state index in [0.29, 0.717) is 0 Å². The highest BCUT2D eigenvalue weighted by molar-refractivity contribution is 5.82. The summed E-state index contributed by atoms with van der Waals surface area (Å²) in [6.07, 6.45) is -0.661. The molecule has 2 N–H and O–H groups in total. The second-order valence-corrected chi connectivity index (χ2v) is 4.82. The van der Waals surface area contributed by atoms with Gasteiger partial charge in [-0.05, 0) is 23.3 Å². The Bertz CT molecular complexity index is 645. The number of alkyl carbamates (subject to hydrolysis) is 1. The van der Waals surface area contributed by atoms with E-state index in [4.69, 9.17) is 4.74 Å². The van der Waals surface area contributed by atoms with Crippen LogP contribution in [0.15, 0.2) is 54.6 Å². The summed E-state index contributed by atoms with van der Waals surface area (Å²) in [5, 5.41) is 4.98. The quantitative estimate of drug-likeness (QED) is 0.860. The van der Waals surface area contributed by atoms with Crippen LogP contribution in [0.3, 0.4) is 0 Å². The fraction of sp³-hybridized carbons (Fsp3) is 0.176. The van der Waals surface area contributed by atoms with E-state index in [9.17, 15) is 14.0 Å². The number of ether oxygens (including phenoxy) is 1. The zero-order valence-corrected chi connectivity index (χ0v) is 12.4. The number of nitrogens with one attached hydrogen (secondary N) is 2. The van der Waals surface area contributed by atoms with Crippen molar-refractivity contribution in [3.8, 4) is 0 Å². The Morgan fingerprint density at radius 3 is 2.30 bits per heavy atom. The van der Waals surface area contributed by atoms with Gasteiger partial charge < -0.3 is 15.4 Å². The van der Waals surface area contributed by atoms with Crippen molar-refractivity contribution in [3.05, 3.63) is 71.5 Å². The van der Waals surface area contributed by atoms with Gasteiger partial charge >= 0.3 is 6.09 Å². The smallest absolute Gasteiger partial charge is 0.407 e. The lowest BCUT2D eigenvalue weighted by Gasteiger charge is -2.08. The second-order valence-electron chi connectivity index (χ2n) is 4.82. The summed E-state index contributed by atoms with van der Waals surface area (Å²) in [5.74, 6) is -0.686. The van der Waals surface area contributed by atoms with Crippen molar-refractivity contribution in [1.29, 1.82) is 0 Å². The van der Waals surface area contributed by atoms with Gasteiger partial charge in [-0.25, -0.2) is 9.18 Å². The van der Waals surface area contributed by atoms with E-state index in [1.54, 1.807) is 12.1 Å². The molecule has 0 bridgehead atoms. The van der Waals surface area contributed by atoms with E-state index < -0.39 is 6.09 Å². The first-order chi connectivity index (χ1) is 11.1. The van der Waals surface area contributed by atoms with E-state index in [1.807, 2.05) is 30.3 Å². The van der Waals surface area contributed by atoms with Gasteiger partial charge in [0, 0.05) is 6.54 Å². The summed E-state index contributed by atoms with van der Waals surface area (Å²) in [7, 11) is 0. The Morgan fingerprint density at radius 2 is 1.61 bits per heavy atom. The molecule has 0 unspecified atom stereocenters. The molecule has 6 heteroatoms. The van der Waals surface area contributed by atoms with Crippen molar-refractivity contribution in [2.45, 2.75) is 13.2 Å². The van der Waals surface area contributed by atoms with Crippen molar-refractivity contribution < 1.29 is 18.7 Å². The minimum Gasteiger partial charge on any atom is -0.445 e. The van der Waals surface area contributed by atoms with Gasteiger partial charge in [-0.15, -0.1) is 0 Å². The van der Waals surface area contributed by atoms with Crippen LogP contribution in [0.4, 0.5) is 9.18 Å². The second kappa shape index (κ2) is 8.53. The zero-order chi connectivity index (χ0) is 16.5. The summed E-state index contributed by atoms with van der Waals surface area (Å²) < 4.78 is 17.7. The topological polar surface area (TPSA) is 67.4 Å². The van der Waals surface area contributed by atoms with Crippen LogP contribution >= 0.6 is 0 Å². The molecular formula is C17H17FN2O3. The van der Waals surface area contributed by atoms with Gasteiger partial charge in [0.05, 0.1) is 0 Å². The van der Waals surface area contributed by atoms with E-state index in [-0.39, 0.29) is 31.4 Å². The molecule has 0 aliphatic rings. The fourth-order valence-electron chi connectivity index (χ4n) is 1.79. The first-order valence-corrected chi connectivity index (χ1v) is 7.09. The van der Waals surface area contributed by atoms with Crippen molar-refractivity contribution in [2.24, 2.45) is 0 Å². The van der Waals surface area contributed by atoms with Crippen molar-refractivity contribution in [2.75, 3.05) is 6.54 Å². The third-order valence-corrected chi connectivity index (χ3v) is 3.01. The number of amides is 2. The number of halogens is 1. The minimum atomic E-state index is -0.661. The summed E-state index contributed by atoms with van der Waals surface area (Å²) in [6, 6.07) is 15.0. The molecule has 2 aromatic rings. The number of rotatable bonds is 6. The molecule has 0 radical (unpaired) electrons. The summed E-state index contributed by atoms with van der Waals surface area (Å²) >= 11 is 0. The molecule has 0 fully saturated rings. The van der Waals surface area contributed by atoms with Gasteiger partial charge in [0.2, 0.25) is 5.91 Å². The summed E-state index contributed by atoms with van der Waals surface area (Å²) in [6.45, 7) is 0.221. The molecule has 120 valence electrons. The average molecular weight is 316 g/mol. The van der Waals surface area contributed by atoms with Crippen LogP contribution < -0.4 is 10.6 Å². The molecule has 0 heterocycles. The van der Waals surface area contributed by atoms with Crippen molar-refractivity contribution in [3.63, 3.8) is 0 Å². The van der Waals surface area contributed by atoms with Gasteiger partial charge in [0.25, 0.3) is 0 Å². The Kier molecular flexibility index (Phi) is 6.11. The summed E-state index contributed by atoms with van der Waals surface area (Å²) in [5.41, 5.74) is 1.63. The lowest BCUT2D eigenvalue weighted by atomic mass is 10.2. The number of hydrogen-bond acceptors (Lipinski definition) is 3. The number of benzene rings is 2. The van der Waals surface area contributed by atoms with E-state index in [0.717, 1.165) is 11.1 Å². The van der Waals surface area contributed by atoms with Crippen LogP contribution in [0.2, 0.25) is 0 Å². The normalized spacial score (nSPS) is 9.96. The molecule has 0 aliphatic carbocycles. The highest BCUT2D eigenvalue weighted by atomic mass is 19.1. The molecule has 2 rings (SSSR count). The molecule has 0 aromatic heterocycles. The molecule has 5 nitrogen and oxygen atoms in total. The van der Waals surface area contributed by atoms with Crippen LogP contribution in [0, 0.1) is 5.82 Å². The molecule has 0 saturated carbocycles. The van der Waals surface area contributed by atoms with Gasteiger partial charge in [0.15, 0.2) is 0 Å². The maximum absolute atomic E-state index is 12.7. The van der Waals surface area contributed by atoms with Crippen LogP contribution in [-0.4, -0.2) is 18.5 Å². The number of carbonyl (C=O) groups excluding carboxylic acids is 2. The molecule has 0 spiro atoms. The lowest BCUT2D eigenvalue weighted by Crippen LogP contribution is -2.36. The Labute approximate surface area is 133 Å². The predicted molar refractivity (Wildman–Crippen MR) is 82.9 cm³/mol. The first-order valence-electron chi connectivity index (χ1n) is 7.09. The Balaban J connectivity index is 1.63. The van der Waals surface area contributed by atoms with Crippen LogP contribution in [0.25, 0.3) is 0 Å². The maximum atomic E-state index is 12.7. The van der Waals surface area contributed by atoms with E-state index >= 15 is 0 Å². The SMILES string of the molecule is O=C(CNC(=O)OCc1ccccc1)NCc1ccc(F)cc1. The third-order valence-electron chi connectivity index (χ3n) is 3.01. The largest absolute Gasteiger partial charge is 0.445 e. The van der Waals surface area contributed by atoms with Crippen LogP contribution in [0.5, 0.6) is 0 Å². The van der Waals surface area contributed by atoms with Crippen molar-refractivity contribution >= 4 is 12.0 Å². The van der Waals surface area contributed by atoms with E-state index in [1.165, 1.54) is 12.1 Å². The zero-order valence-electron chi connectivity index (χ0n) is 12.4. The lowest BCUT2D eigenvalue weighted by molar-refractivity contribution is -0.120. The third kappa shape index (κ3) is 6.17. The van der Waals surface area contributed by atoms with Crippen LogP contribution in [-0.2, 0) is 22.7 Å². The predicted octanol–water partition coefficient (Wildman–Crippen LogP) is 2.37. The molecular weight excluding hydrogens is 299 g/mol. The van der Waals surface area contributed by atoms with Crippen molar-refractivity contribution in [1.82, 2.24) is 10.6 Å². The van der Waals surface area contributed by atoms with Gasteiger partial charge in [-0.1, -0.05) is 42.5 Å². The molecule has 2 aromatic carbocycles. The summed E-state index contributed by atoms with van der Waals surface area (Å²) in [4.78, 5) is 23.1. The Hall–Kier alpha value is -2.89. The van der Waals surface area contributed by atoms with Gasteiger partial charge in [0.1, 0.15) is 19.0 Å². The number of hydrogen-bond donors (Lipinski definition) is 2. The molecule has 0 atom stereocenters. The highest BCUT2D eigenvalue weighted by Gasteiger charge is 2.06.